The maximum atomic E-state index is 11.8. The van der Waals surface area contributed by atoms with E-state index >= 15 is 0 Å². The van der Waals surface area contributed by atoms with Gasteiger partial charge in [-0.25, -0.2) is 8.78 Å². The van der Waals surface area contributed by atoms with Crippen LogP contribution in [0.15, 0.2) is 24.3 Å². The summed E-state index contributed by atoms with van der Waals surface area (Å²) in [5, 5.41) is 0. The van der Waals surface area contributed by atoms with Crippen molar-refractivity contribution in [3.05, 3.63) is 29.8 Å². The zero-order chi connectivity index (χ0) is 14.3. The number of nitrogen functional groups attached to an aromatic ring is 1. The molecular formula is C13H18F2N2O2. The van der Waals surface area contributed by atoms with Crippen LogP contribution in [0.2, 0.25) is 0 Å². The number of alkyl halides is 2. The van der Waals surface area contributed by atoms with Gasteiger partial charge in [0.2, 0.25) is 5.91 Å². The Morgan fingerprint density at radius 1 is 1.42 bits per heavy atom. The van der Waals surface area contributed by atoms with Gasteiger partial charge in [-0.1, -0.05) is 18.2 Å². The first-order valence-corrected chi connectivity index (χ1v) is 5.94. The van der Waals surface area contributed by atoms with Crippen LogP contribution in [0.4, 0.5) is 14.5 Å². The number of hydrogen-bond donors (Lipinski definition) is 1. The van der Waals surface area contributed by atoms with E-state index < -0.39 is 13.0 Å². The van der Waals surface area contributed by atoms with Gasteiger partial charge in [-0.15, -0.1) is 0 Å². The quantitative estimate of drug-likeness (QED) is 0.609. The lowest BCUT2D eigenvalue weighted by Gasteiger charge is -2.18. The van der Waals surface area contributed by atoms with E-state index in [1.807, 2.05) is 18.2 Å². The molecule has 0 saturated carbocycles. The van der Waals surface area contributed by atoms with Crippen molar-refractivity contribution in [2.45, 2.75) is 19.4 Å². The molecule has 1 aromatic rings. The number of anilines is 1. The molecular weight excluding hydrogens is 254 g/mol. The third-order valence-corrected chi connectivity index (χ3v) is 2.59. The Hall–Kier alpha value is -1.69. The van der Waals surface area contributed by atoms with E-state index in [1.165, 1.54) is 4.90 Å². The van der Waals surface area contributed by atoms with Gasteiger partial charge in [-0.3, -0.25) is 4.79 Å². The van der Waals surface area contributed by atoms with Crippen molar-refractivity contribution in [3.63, 3.8) is 0 Å². The SMILES string of the molecule is CN(Cc1ccccc1N)C(=O)CCOCC(F)F. The molecule has 0 heterocycles. The summed E-state index contributed by atoms with van der Waals surface area (Å²) in [5.41, 5.74) is 7.25. The fourth-order valence-electron chi connectivity index (χ4n) is 1.54. The fraction of sp³-hybridized carbons (Fsp3) is 0.462. The maximum Gasteiger partial charge on any atom is 0.261 e. The van der Waals surface area contributed by atoms with Crippen LogP contribution in [-0.4, -0.2) is 37.5 Å². The Morgan fingerprint density at radius 3 is 2.74 bits per heavy atom. The predicted molar refractivity (Wildman–Crippen MR) is 68.8 cm³/mol. The number of halogens is 2. The monoisotopic (exact) mass is 272 g/mol. The zero-order valence-corrected chi connectivity index (χ0v) is 10.8. The van der Waals surface area contributed by atoms with E-state index in [0.717, 1.165) is 5.56 Å². The summed E-state index contributed by atoms with van der Waals surface area (Å²) in [6.07, 6.45) is -2.42. The van der Waals surface area contributed by atoms with Gasteiger partial charge in [0.1, 0.15) is 6.61 Å². The molecule has 0 spiro atoms. The van der Waals surface area contributed by atoms with Gasteiger partial charge in [0.05, 0.1) is 13.0 Å². The summed E-state index contributed by atoms with van der Waals surface area (Å²) in [5.74, 6) is -0.169. The number of rotatable bonds is 7. The molecule has 0 aliphatic carbocycles. The Labute approximate surface area is 111 Å². The van der Waals surface area contributed by atoms with E-state index in [1.54, 1.807) is 13.1 Å². The first kappa shape index (κ1) is 15.4. The van der Waals surface area contributed by atoms with Crippen LogP contribution in [0.1, 0.15) is 12.0 Å². The molecule has 0 aliphatic heterocycles. The van der Waals surface area contributed by atoms with Gasteiger partial charge in [0.25, 0.3) is 6.43 Å². The van der Waals surface area contributed by atoms with Gasteiger partial charge < -0.3 is 15.4 Å². The molecule has 0 aliphatic rings. The summed E-state index contributed by atoms with van der Waals surface area (Å²) in [4.78, 5) is 13.2. The van der Waals surface area contributed by atoms with Gasteiger partial charge in [-0.05, 0) is 11.6 Å². The van der Waals surface area contributed by atoms with Crippen LogP contribution in [0.3, 0.4) is 0 Å². The Bertz CT molecular complexity index is 413. The highest BCUT2D eigenvalue weighted by molar-refractivity contribution is 5.76. The largest absolute Gasteiger partial charge is 0.398 e. The number of nitrogens with two attached hydrogens (primary N) is 1. The second kappa shape index (κ2) is 7.68. The molecule has 4 nitrogen and oxygen atoms in total. The van der Waals surface area contributed by atoms with Gasteiger partial charge in [0.15, 0.2) is 0 Å². The van der Waals surface area contributed by atoms with Crippen LogP contribution in [0.5, 0.6) is 0 Å². The van der Waals surface area contributed by atoms with Gasteiger partial charge in [-0.2, -0.15) is 0 Å². The lowest BCUT2D eigenvalue weighted by atomic mass is 10.1. The Morgan fingerprint density at radius 2 is 2.11 bits per heavy atom. The van der Waals surface area contributed by atoms with E-state index in [9.17, 15) is 13.6 Å². The molecule has 0 radical (unpaired) electrons. The number of carbonyl (C=O) groups excluding carboxylic acids is 1. The smallest absolute Gasteiger partial charge is 0.261 e. The number of benzene rings is 1. The second-order valence-electron chi connectivity index (χ2n) is 4.16. The van der Waals surface area contributed by atoms with E-state index in [0.29, 0.717) is 12.2 Å². The topological polar surface area (TPSA) is 55.6 Å². The molecule has 0 bridgehead atoms. The molecule has 106 valence electrons. The molecule has 0 saturated heterocycles. The van der Waals surface area contributed by atoms with Gasteiger partial charge in [0, 0.05) is 19.3 Å². The molecule has 0 aromatic heterocycles. The summed E-state index contributed by atoms with van der Waals surface area (Å²) in [6.45, 7) is -0.249. The maximum absolute atomic E-state index is 11.8. The molecule has 2 N–H and O–H groups in total. The summed E-state index contributed by atoms with van der Waals surface area (Å²) in [6, 6.07) is 7.26. The second-order valence-corrected chi connectivity index (χ2v) is 4.16. The van der Waals surface area contributed by atoms with Crippen LogP contribution in [0.25, 0.3) is 0 Å². The number of carbonyl (C=O) groups is 1. The predicted octanol–water partition coefficient (Wildman–Crippen LogP) is 1.90. The molecule has 0 atom stereocenters. The molecule has 1 amide bonds. The number of para-hydroxylation sites is 1. The first-order chi connectivity index (χ1) is 9.00. The molecule has 0 unspecified atom stereocenters. The van der Waals surface area contributed by atoms with Crippen molar-refractivity contribution in [3.8, 4) is 0 Å². The average molecular weight is 272 g/mol. The molecule has 1 rings (SSSR count). The Kier molecular flexibility index (Phi) is 6.21. The van der Waals surface area contributed by atoms with Crippen molar-refractivity contribution in [2.24, 2.45) is 0 Å². The zero-order valence-electron chi connectivity index (χ0n) is 10.8. The molecule has 19 heavy (non-hydrogen) atoms. The minimum Gasteiger partial charge on any atom is -0.398 e. The van der Waals surface area contributed by atoms with Crippen molar-refractivity contribution in [1.29, 1.82) is 0 Å². The van der Waals surface area contributed by atoms with Crippen LogP contribution >= 0.6 is 0 Å². The average Bonchev–Trinajstić information content (AvgIpc) is 2.36. The van der Waals surface area contributed by atoms with Crippen molar-refractivity contribution in [1.82, 2.24) is 4.90 Å². The third kappa shape index (κ3) is 5.65. The van der Waals surface area contributed by atoms with E-state index in [-0.39, 0.29) is 18.9 Å². The third-order valence-electron chi connectivity index (χ3n) is 2.59. The lowest BCUT2D eigenvalue weighted by molar-refractivity contribution is -0.131. The first-order valence-electron chi connectivity index (χ1n) is 5.94. The summed E-state index contributed by atoms with van der Waals surface area (Å²) < 4.78 is 28.3. The summed E-state index contributed by atoms with van der Waals surface area (Å²) in [7, 11) is 1.64. The standard InChI is InChI=1S/C13H18F2N2O2/c1-17(8-10-4-2-3-5-11(10)16)13(18)6-7-19-9-12(14)15/h2-5,12H,6-9,16H2,1H3. The van der Waals surface area contributed by atoms with Crippen LogP contribution < -0.4 is 5.73 Å². The highest BCUT2D eigenvalue weighted by Crippen LogP contribution is 2.13. The van der Waals surface area contributed by atoms with E-state index in [2.05, 4.69) is 4.74 Å². The van der Waals surface area contributed by atoms with Gasteiger partial charge >= 0.3 is 0 Å². The minimum atomic E-state index is -2.50. The number of hydrogen-bond acceptors (Lipinski definition) is 3. The van der Waals surface area contributed by atoms with Crippen LogP contribution in [0, 0.1) is 0 Å². The highest BCUT2D eigenvalue weighted by Gasteiger charge is 2.11. The molecule has 1 aromatic carbocycles. The Balaban J connectivity index is 2.35. The number of amides is 1. The van der Waals surface area contributed by atoms with E-state index in [4.69, 9.17) is 5.73 Å². The molecule has 6 heteroatoms. The number of nitrogens with zero attached hydrogens (tertiary/aromatic N) is 1. The van der Waals surface area contributed by atoms with Crippen molar-refractivity contribution >= 4 is 11.6 Å². The van der Waals surface area contributed by atoms with Crippen molar-refractivity contribution < 1.29 is 18.3 Å². The summed E-state index contributed by atoms with van der Waals surface area (Å²) >= 11 is 0. The lowest BCUT2D eigenvalue weighted by Crippen LogP contribution is -2.27. The minimum absolute atomic E-state index is 0.00220. The fourth-order valence-corrected chi connectivity index (χ4v) is 1.54. The highest BCUT2D eigenvalue weighted by atomic mass is 19.3. The van der Waals surface area contributed by atoms with Crippen LogP contribution in [-0.2, 0) is 16.1 Å². The van der Waals surface area contributed by atoms with Crippen molar-refractivity contribution in [2.75, 3.05) is 26.0 Å². The normalized spacial score (nSPS) is 10.7. The molecule has 0 fully saturated rings. The number of ether oxygens (including phenoxy) is 1.